The molecule has 0 saturated carbocycles. The van der Waals surface area contributed by atoms with Gasteiger partial charge < -0.3 is 9.32 Å². The zero-order chi connectivity index (χ0) is 19.5. The number of nitrogens with one attached hydrogen (secondary N) is 1. The number of furan rings is 1. The molecule has 0 unspecified atom stereocenters. The first-order valence-corrected chi connectivity index (χ1v) is 9.90. The van der Waals surface area contributed by atoms with Crippen LogP contribution in [0.25, 0.3) is 0 Å². The average Bonchev–Trinajstić information content (AvgIpc) is 2.92. The van der Waals surface area contributed by atoms with Gasteiger partial charge in [-0.1, -0.05) is 0 Å². The Kier molecular flexibility index (Phi) is 6.56. The summed E-state index contributed by atoms with van der Waals surface area (Å²) in [5, 5.41) is 0. The van der Waals surface area contributed by atoms with Crippen LogP contribution in [0.5, 0.6) is 0 Å². The van der Waals surface area contributed by atoms with Gasteiger partial charge in [0.15, 0.2) is 5.76 Å². The van der Waals surface area contributed by atoms with E-state index in [9.17, 15) is 43.2 Å². The van der Waals surface area contributed by atoms with Gasteiger partial charge in [0.05, 0.1) is 19.4 Å². The quantitative estimate of drug-likeness (QED) is 0.623. The minimum Gasteiger partial charge on any atom is -0.463 e. The molecule has 0 amide bonds. The fourth-order valence-corrected chi connectivity index (χ4v) is 3.33. The van der Waals surface area contributed by atoms with Crippen LogP contribution >= 0.6 is 0 Å². The van der Waals surface area contributed by atoms with Crippen molar-refractivity contribution < 1.29 is 52.5 Å². The second kappa shape index (κ2) is 7.53. The molecule has 0 saturated heterocycles. The fourth-order valence-electron chi connectivity index (χ4n) is 1.75. The van der Waals surface area contributed by atoms with Crippen LogP contribution in [-0.2, 0) is 26.2 Å². The lowest BCUT2D eigenvalue weighted by Gasteiger charge is -2.19. The summed E-state index contributed by atoms with van der Waals surface area (Å²) < 4.78 is 123. The second-order valence-electron chi connectivity index (χ2n) is 5.04. The summed E-state index contributed by atoms with van der Waals surface area (Å²) in [5.74, 6) is -2.62. The van der Waals surface area contributed by atoms with E-state index >= 15 is 0 Å². The molecule has 1 N–H and O–H groups in total. The van der Waals surface area contributed by atoms with Crippen molar-refractivity contribution in [3.05, 3.63) is 24.2 Å². The molecule has 0 aliphatic heterocycles. The largest absolute Gasteiger partial charge is 0.497 e. The minimum absolute atomic E-state index is 0.115. The first-order valence-electron chi connectivity index (χ1n) is 6.60. The maximum Gasteiger partial charge on any atom is 0.497 e. The third-order valence-corrected chi connectivity index (χ3v) is 6.05. The zero-order valence-corrected chi connectivity index (χ0v) is 14.0. The van der Waals surface area contributed by atoms with Crippen LogP contribution < -0.4 is 4.90 Å². The summed E-state index contributed by atoms with van der Waals surface area (Å²) in [7, 11) is -11.0. The van der Waals surface area contributed by atoms with Crippen LogP contribution in [0.1, 0.15) is 5.76 Å². The predicted octanol–water partition coefficient (Wildman–Crippen LogP) is 0.534. The minimum atomic E-state index is -5.50. The van der Waals surface area contributed by atoms with Crippen molar-refractivity contribution in [3.8, 4) is 0 Å². The molecule has 6 nitrogen and oxygen atoms in total. The maximum atomic E-state index is 12.3. The van der Waals surface area contributed by atoms with Crippen molar-refractivity contribution in [2.24, 2.45) is 0 Å². The molecule has 1 aromatic heterocycles. The topological polar surface area (TPSA) is 85.9 Å². The highest BCUT2D eigenvalue weighted by Crippen LogP contribution is 2.24. The highest BCUT2D eigenvalue weighted by molar-refractivity contribution is 7.92. The molecular formula is C11H14F6NO5S2+. The summed E-state index contributed by atoms with van der Waals surface area (Å²) in [6, 6.07) is 2.78. The van der Waals surface area contributed by atoms with E-state index in [2.05, 4.69) is 0 Å². The summed E-state index contributed by atoms with van der Waals surface area (Å²) in [6.45, 7) is -1.75. The first-order chi connectivity index (χ1) is 11.2. The SMILES string of the molecule is O=S(=O)(CC[NH+](CCS(=O)(=O)C(F)(F)F)Cc1ccco1)C(F)(F)F. The van der Waals surface area contributed by atoms with Crippen LogP contribution in [0.2, 0.25) is 0 Å². The van der Waals surface area contributed by atoms with Crippen LogP contribution in [-0.4, -0.2) is 52.4 Å². The third kappa shape index (κ3) is 6.18. The molecule has 0 aromatic carbocycles. The van der Waals surface area contributed by atoms with Gasteiger partial charge in [0, 0.05) is 0 Å². The Balaban J connectivity index is 2.84. The number of rotatable bonds is 8. The average molecular weight is 418 g/mol. The number of alkyl halides is 6. The standard InChI is InChI=1S/C11H13F6NO5S2/c12-10(13,14)24(19,20)6-3-18(8-9-2-1-5-23-9)4-7-25(21,22)11(15,16)17/h1-2,5H,3-4,6-8H2/p+1. The van der Waals surface area contributed by atoms with Crippen molar-refractivity contribution in [2.75, 3.05) is 24.6 Å². The smallest absolute Gasteiger partial charge is 0.463 e. The molecule has 1 heterocycles. The van der Waals surface area contributed by atoms with E-state index in [1.165, 1.54) is 18.4 Å². The van der Waals surface area contributed by atoms with Crippen LogP contribution in [0, 0.1) is 0 Å². The van der Waals surface area contributed by atoms with E-state index in [0.29, 0.717) is 0 Å². The summed E-state index contributed by atoms with van der Waals surface area (Å²) in [6.07, 6.45) is 1.20. The second-order valence-corrected chi connectivity index (χ2v) is 9.24. The van der Waals surface area contributed by atoms with Gasteiger partial charge in [-0.2, -0.15) is 26.3 Å². The van der Waals surface area contributed by atoms with Crippen molar-refractivity contribution in [1.82, 2.24) is 0 Å². The Morgan fingerprint density at radius 2 is 1.32 bits per heavy atom. The maximum absolute atomic E-state index is 12.3. The number of hydrogen-bond donors (Lipinski definition) is 1. The van der Waals surface area contributed by atoms with E-state index < -0.39 is 55.3 Å². The van der Waals surface area contributed by atoms with Crippen molar-refractivity contribution in [1.29, 1.82) is 0 Å². The number of halogens is 6. The highest BCUT2D eigenvalue weighted by atomic mass is 32.2. The lowest BCUT2D eigenvalue weighted by molar-refractivity contribution is -0.910. The fraction of sp³-hybridized carbons (Fsp3) is 0.636. The van der Waals surface area contributed by atoms with E-state index in [4.69, 9.17) is 4.42 Å². The van der Waals surface area contributed by atoms with E-state index in [-0.39, 0.29) is 17.2 Å². The van der Waals surface area contributed by atoms with Gasteiger partial charge in [-0.15, -0.1) is 0 Å². The Labute approximate surface area is 139 Å². The van der Waals surface area contributed by atoms with E-state index in [1.807, 2.05) is 0 Å². The van der Waals surface area contributed by atoms with Gasteiger partial charge in [-0.25, -0.2) is 16.8 Å². The van der Waals surface area contributed by atoms with Crippen LogP contribution in [0.3, 0.4) is 0 Å². The summed E-state index contributed by atoms with van der Waals surface area (Å²) in [5.41, 5.74) is -11.0. The molecule has 0 aliphatic rings. The number of hydrogen-bond acceptors (Lipinski definition) is 5. The molecule has 0 radical (unpaired) electrons. The van der Waals surface area contributed by atoms with Crippen molar-refractivity contribution in [3.63, 3.8) is 0 Å². The molecule has 0 spiro atoms. The monoisotopic (exact) mass is 418 g/mol. The molecular weight excluding hydrogens is 404 g/mol. The number of quaternary nitrogens is 1. The van der Waals surface area contributed by atoms with Crippen LogP contribution in [0.4, 0.5) is 26.3 Å². The molecule has 0 fully saturated rings. The van der Waals surface area contributed by atoms with Crippen LogP contribution in [0.15, 0.2) is 22.8 Å². The molecule has 14 heteroatoms. The highest BCUT2D eigenvalue weighted by Gasteiger charge is 2.47. The normalized spacial score (nSPS) is 14.2. The lowest BCUT2D eigenvalue weighted by Crippen LogP contribution is -3.12. The molecule has 146 valence electrons. The van der Waals surface area contributed by atoms with E-state index in [1.54, 1.807) is 0 Å². The molecule has 25 heavy (non-hydrogen) atoms. The molecule has 1 rings (SSSR count). The Morgan fingerprint density at radius 1 is 0.880 bits per heavy atom. The van der Waals surface area contributed by atoms with Crippen molar-refractivity contribution in [2.45, 2.75) is 17.6 Å². The third-order valence-electron chi connectivity index (χ3n) is 3.16. The predicted molar refractivity (Wildman–Crippen MR) is 72.8 cm³/mol. The lowest BCUT2D eigenvalue weighted by atomic mass is 10.4. The molecule has 0 bridgehead atoms. The Bertz CT molecular complexity index is 704. The number of sulfone groups is 2. The van der Waals surface area contributed by atoms with Gasteiger partial charge in [-0.3, -0.25) is 0 Å². The molecule has 0 atom stereocenters. The summed E-state index contributed by atoms with van der Waals surface area (Å²) >= 11 is 0. The molecule has 1 aromatic rings. The van der Waals surface area contributed by atoms with Gasteiger partial charge in [0.1, 0.15) is 18.1 Å². The van der Waals surface area contributed by atoms with E-state index in [0.717, 1.165) is 0 Å². The van der Waals surface area contributed by atoms with Gasteiger partial charge in [0.2, 0.25) is 0 Å². The van der Waals surface area contributed by atoms with Gasteiger partial charge in [-0.05, 0) is 12.1 Å². The van der Waals surface area contributed by atoms with Gasteiger partial charge in [0.25, 0.3) is 19.7 Å². The Morgan fingerprint density at radius 3 is 1.64 bits per heavy atom. The van der Waals surface area contributed by atoms with Gasteiger partial charge >= 0.3 is 11.0 Å². The molecule has 0 aliphatic carbocycles. The van der Waals surface area contributed by atoms with Crippen molar-refractivity contribution >= 4 is 19.7 Å². The Hall–Kier alpha value is -1.28. The zero-order valence-electron chi connectivity index (χ0n) is 12.4. The summed E-state index contributed by atoms with van der Waals surface area (Å²) in [4.78, 5) is -0.115. The first kappa shape index (κ1) is 21.8.